The number of ether oxygens (including phenoxy) is 3. The summed E-state index contributed by atoms with van der Waals surface area (Å²) in [5, 5.41) is 0. The highest BCUT2D eigenvalue weighted by molar-refractivity contribution is 6.01. The molecule has 0 unspecified atom stereocenters. The molecule has 3 rings (SSSR count). The number of carbonyl (C=O) groups excluding carboxylic acids is 2. The summed E-state index contributed by atoms with van der Waals surface area (Å²) >= 11 is 0. The van der Waals surface area contributed by atoms with Crippen LogP contribution in [0.3, 0.4) is 0 Å². The van der Waals surface area contributed by atoms with Crippen LogP contribution in [0, 0.1) is 0 Å². The van der Waals surface area contributed by atoms with Crippen LogP contribution in [0.1, 0.15) is 32.7 Å². The lowest BCUT2D eigenvalue weighted by molar-refractivity contribution is 0.0599. The molecule has 0 bridgehead atoms. The van der Waals surface area contributed by atoms with Crippen molar-refractivity contribution in [1.29, 1.82) is 0 Å². The molecule has 1 aliphatic rings. The number of carbonyl (C=O) groups is 2. The number of hydrogen-bond acceptors (Lipinski definition) is 6. The van der Waals surface area contributed by atoms with Crippen LogP contribution in [0.5, 0.6) is 11.5 Å². The highest BCUT2D eigenvalue weighted by atomic mass is 16.5. The van der Waals surface area contributed by atoms with Crippen LogP contribution in [-0.4, -0.2) is 50.6 Å². The second-order valence-corrected chi connectivity index (χ2v) is 6.37. The highest BCUT2D eigenvalue weighted by Crippen LogP contribution is 2.21. The van der Waals surface area contributed by atoms with Crippen molar-refractivity contribution in [3.8, 4) is 11.5 Å². The van der Waals surface area contributed by atoms with Crippen molar-refractivity contribution < 1.29 is 23.8 Å². The summed E-state index contributed by atoms with van der Waals surface area (Å²) in [4.78, 5) is 26.1. The first-order valence-corrected chi connectivity index (χ1v) is 8.84. The van der Waals surface area contributed by atoms with Crippen molar-refractivity contribution >= 4 is 11.8 Å². The maximum atomic E-state index is 12.4. The van der Waals surface area contributed by atoms with Crippen LogP contribution >= 0.6 is 0 Å². The van der Waals surface area contributed by atoms with E-state index in [-0.39, 0.29) is 5.78 Å². The maximum Gasteiger partial charge on any atom is 0.337 e. The molecule has 0 amide bonds. The van der Waals surface area contributed by atoms with Crippen LogP contribution < -0.4 is 9.47 Å². The number of nitrogens with zero attached hydrogens (tertiary/aromatic N) is 1. The Morgan fingerprint density at radius 3 is 2.48 bits per heavy atom. The molecule has 0 N–H and O–H groups in total. The van der Waals surface area contributed by atoms with Gasteiger partial charge in [0.2, 0.25) is 0 Å². The standard InChI is InChI=1S/C21H23NO5/c1-25-17-5-7-18(8-6-17)27-11-3-10-22-13-16-12-15(21(24)26-2)4-9-19(16)20(23)14-22/h4-9,12H,3,10-11,13-14H2,1-2H3. The van der Waals surface area contributed by atoms with Gasteiger partial charge in [0.25, 0.3) is 0 Å². The first-order valence-electron chi connectivity index (χ1n) is 8.84. The quantitative estimate of drug-likeness (QED) is 0.552. The lowest BCUT2D eigenvalue weighted by Gasteiger charge is -2.27. The molecule has 0 radical (unpaired) electrons. The largest absolute Gasteiger partial charge is 0.497 e. The Hall–Kier alpha value is -2.86. The third kappa shape index (κ3) is 4.65. The first kappa shape index (κ1) is 18.9. The minimum absolute atomic E-state index is 0.0729. The van der Waals surface area contributed by atoms with Crippen LogP contribution in [-0.2, 0) is 11.3 Å². The molecule has 142 valence electrons. The minimum atomic E-state index is -0.393. The Bertz CT molecular complexity index is 816. The number of ketones is 1. The molecule has 2 aromatic rings. The van der Waals surface area contributed by atoms with Gasteiger partial charge in [-0.2, -0.15) is 0 Å². The van der Waals surface area contributed by atoms with E-state index in [1.54, 1.807) is 25.3 Å². The van der Waals surface area contributed by atoms with Crippen molar-refractivity contribution in [3.63, 3.8) is 0 Å². The van der Waals surface area contributed by atoms with Crippen LogP contribution in [0.4, 0.5) is 0 Å². The fourth-order valence-electron chi connectivity index (χ4n) is 3.13. The van der Waals surface area contributed by atoms with Crippen molar-refractivity contribution in [2.45, 2.75) is 13.0 Å². The first-order chi connectivity index (χ1) is 13.1. The van der Waals surface area contributed by atoms with E-state index in [1.165, 1.54) is 7.11 Å². The zero-order valence-corrected chi connectivity index (χ0v) is 15.6. The van der Waals surface area contributed by atoms with E-state index in [9.17, 15) is 9.59 Å². The summed E-state index contributed by atoms with van der Waals surface area (Å²) < 4.78 is 15.6. The number of methoxy groups -OCH3 is 2. The van der Waals surface area contributed by atoms with Crippen LogP contribution in [0.25, 0.3) is 0 Å². The number of benzene rings is 2. The van der Waals surface area contributed by atoms with Gasteiger partial charge < -0.3 is 14.2 Å². The van der Waals surface area contributed by atoms with Gasteiger partial charge in [0.1, 0.15) is 11.5 Å². The molecular formula is C21H23NO5. The van der Waals surface area contributed by atoms with Gasteiger partial charge in [-0.3, -0.25) is 9.69 Å². The number of fused-ring (bicyclic) bond motifs is 1. The second-order valence-electron chi connectivity index (χ2n) is 6.37. The Kier molecular flexibility index (Phi) is 6.08. The zero-order chi connectivity index (χ0) is 19.2. The highest BCUT2D eigenvalue weighted by Gasteiger charge is 2.23. The summed E-state index contributed by atoms with van der Waals surface area (Å²) in [5.74, 6) is 1.26. The van der Waals surface area contributed by atoms with Gasteiger partial charge in [0, 0.05) is 18.7 Å². The minimum Gasteiger partial charge on any atom is -0.497 e. The Morgan fingerprint density at radius 2 is 1.78 bits per heavy atom. The van der Waals surface area contributed by atoms with Gasteiger partial charge in [0.05, 0.1) is 32.9 Å². The van der Waals surface area contributed by atoms with E-state index in [2.05, 4.69) is 4.90 Å². The monoisotopic (exact) mass is 369 g/mol. The van der Waals surface area contributed by atoms with Crippen LogP contribution in [0.2, 0.25) is 0 Å². The average Bonchev–Trinajstić information content (AvgIpc) is 2.70. The van der Waals surface area contributed by atoms with Gasteiger partial charge >= 0.3 is 5.97 Å². The van der Waals surface area contributed by atoms with E-state index in [4.69, 9.17) is 14.2 Å². The zero-order valence-electron chi connectivity index (χ0n) is 15.6. The van der Waals surface area contributed by atoms with Crippen molar-refractivity contribution in [2.24, 2.45) is 0 Å². The smallest absolute Gasteiger partial charge is 0.337 e. The predicted molar refractivity (Wildman–Crippen MR) is 100 cm³/mol. The lowest BCUT2D eigenvalue weighted by Crippen LogP contribution is -2.36. The molecule has 6 heteroatoms. The summed E-state index contributed by atoms with van der Waals surface area (Å²) in [7, 11) is 2.98. The van der Waals surface area contributed by atoms with Gasteiger partial charge in [-0.15, -0.1) is 0 Å². The second kappa shape index (κ2) is 8.68. The molecule has 1 aliphatic heterocycles. The molecule has 1 heterocycles. The summed E-state index contributed by atoms with van der Waals surface area (Å²) in [6.45, 7) is 2.32. The average molecular weight is 369 g/mol. The third-order valence-electron chi connectivity index (χ3n) is 4.53. The molecule has 6 nitrogen and oxygen atoms in total. The fraction of sp³-hybridized carbons (Fsp3) is 0.333. The SMILES string of the molecule is COC(=O)c1ccc2c(c1)CN(CCCOc1ccc(OC)cc1)CC2=O. The van der Waals surface area contributed by atoms with E-state index >= 15 is 0 Å². The number of Topliss-reactive ketones (excluding diaryl/α,β-unsaturated/α-hetero) is 1. The van der Waals surface area contributed by atoms with E-state index in [1.807, 2.05) is 24.3 Å². The van der Waals surface area contributed by atoms with Crippen molar-refractivity contribution in [2.75, 3.05) is 33.9 Å². The molecule has 0 atom stereocenters. The fourth-order valence-corrected chi connectivity index (χ4v) is 3.13. The van der Waals surface area contributed by atoms with Gasteiger partial charge in [-0.25, -0.2) is 4.79 Å². The number of esters is 1. The number of hydrogen-bond donors (Lipinski definition) is 0. The molecule has 0 saturated heterocycles. The lowest BCUT2D eigenvalue weighted by atomic mass is 9.96. The number of rotatable bonds is 7. The molecular weight excluding hydrogens is 346 g/mol. The molecule has 0 fully saturated rings. The Balaban J connectivity index is 1.53. The van der Waals surface area contributed by atoms with Gasteiger partial charge in [-0.1, -0.05) is 6.07 Å². The molecule has 27 heavy (non-hydrogen) atoms. The third-order valence-corrected chi connectivity index (χ3v) is 4.53. The normalized spacial score (nSPS) is 13.8. The molecule has 0 aromatic heterocycles. The topological polar surface area (TPSA) is 65.1 Å². The molecule has 0 spiro atoms. The summed E-state index contributed by atoms with van der Waals surface area (Å²) in [5.41, 5.74) is 2.02. The summed E-state index contributed by atoms with van der Waals surface area (Å²) in [6, 6.07) is 12.6. The summed E-state index contributed by atoms with van der Waals surface area (Å²) in [6.07, 6.45) is 0.797. The van der Waals surface area contributed by atoms with Crippen molar-refractivity contribution in [3.05, 3.63) is 59.2 Å². The van der Waals surface area contributed by atoms with E-state index < -0.39 is 5.97 Å². The van der Waals surface area contributed by atoms with Gasteiger partial charge in [0.15, 0.2) is 5.78 Å². The van der Waals surface area contributed by atoms with E-state index in [0.717, 1.165) is 30.0 Å². The molecule has 0 saturated carbocycles. The molecule has 2 aromatic carbocycles. The van der Waals surface area contributed by atoms with E-state index in [0.29, 0.717) is 30.8 Å². The predicted octanol–water partition coefficient (Wildman–Crippen LogP) is 2.95. The van der Waals surface area contributed by atoms with Gasteiger partial charge in [-0.05, 0) is 48.4 Å². The van der Waals surface area contributed by atoms with Crippen molar-refractivity contribution in [1.82, 2.24) is 4.90 Å². The molecule has 0 aliphatic carbocycles. The Morgan fingerprint density at radius 1 is 1.04 bits per heavy atom. The maximum absolute atomic E-state index is 12.4. The Labute approximate surface area is 158 Å². The van der Waals surface area contributed by atoms with Crippen LogP contribution in [0.15, 0.2) is 42.5 Å².